The number of rotatable bonds is 3. The van der Waals surface area contributed by atoms with Crippen molar-refractivity contribution >= 4 is 18.2 Å². The van der Waals surface area contributed by atoms with Gasteiger partial charge in [0.15, 0.2) is 0 Å². The van der Waals surface area contributed by atoms with E-state index in [4.69, 9.17) is 10.5 Å². The van der Waals surface area contributed by atoms with Crippen molar-refractivity contribution in [2.75, 3.05) is 32.5 Å². The van der Waals surface area contributed by atoms with Gasteiger partial charge in [0, 0.05) is 45.8 Å². The van der Waals surface area contributed by atoms with Crippen LogP contribution in [0.3, 0.4) is 0 Å². The van der Waals surface area contributed by atoms with Crippen LogP contribution in [0, 0.1) is 0 Å². The monoisotopic (exact) mass is 246 g/mol. The summed E-state index contributed by atoms with van der Waals surface area (Å²) in [5, 5.41) is 4.40. The van der Waals surface area contributed by atoms with Crippen LogP contribution in [-0.4, -0.2) is 41.5 Å². The maximum atomic E-state index is 5.96. The first-order valence-corrected chi connectivity index (χ1v) is 5.24. The normalized spacial score (nSPS) is 15.6. The molecule has 1 aliphatic rings. The lowest BCUT2D eigenvalue weighted by atomic mass is 10.1. The minimum Gasteiger partial charge on any atom is -0.384 e. The van der Waals surface area contributed by atoms with Crippen molar-refractivity contribution in [3.8, 4) is 0 Å². The van der Waals surface area contributed by atoms with Gasteiger partial charge in [-0.25, -0.2) is 0 Å². The minimum atomic E-state index is 0. The predicted octanol–water partition coefficient (Wildman–Crippen LogP) is 0.429. The topological polar surface area (TPSA) is 56.3 Å². The van der Waals surface area contributed by atoms with Crippen LogP contribution in [0.4, 0.5) is 5.82 Å². The standard InChI is InChI=1S/C10H18N4O.ClH/c1-13-10(11)8-7-14(5-6-15-2)4-3-9(8)12-13;/h3-7,11H2,1-2H3;1H. The molecule has 0 fully saturated rings. The Kier molecular flexibility index (Phi) is 4.58. The van der Waals surface area contributed by atoms with Gasteiger partial charge in [-0.3, -0.25) is 9.58 Å². The lowest BCUT2D eigenvalue weighted by Gasteiger charge is -2.25. The van der Waals surface area contributed by atoms with E-state index in [1.165, 1.54) is 5.56 Å². The fourth-order valence-corrected chi connectivity index (χ4v) is 1.99. The predicted molar refractivity (Wildman–Crippen MR) is 65.7 cm³/mol. The number of ether oxygens (including phenoxy) is 1. The van der Waals surface area contributed by atoms with Crippen LogP contribution in [0.5, 0.6) is 0 Å². The molecular formula is C10H19ClN4O. The van der Waals surface area contributed by atoms with Gasteiger partial charge in [-0.2, -0.15) is 5.10 Å². The zero-order valence-corrected chi connectivity index (χ0v) is 10.6. The lowest BCUT2D eigenvalue weighted by Crippen LogP contribution is -2.33. The molecular weight excluding hydrogens is 228 g/mol. The highest BCUT2D eigenvalue weighted by Gasteiger charge is 2.21. The van der Waals surface area contributed by atoms with Gasteiger partial charge >= 0.3 is 0 Å². The van der Waals surface area contributed by atoms with Crippen LogP contribution < -0.4 is 5.73 Å². The zero-order valence-electron chi connectivity index (χ0n) is 9.77. The maximum absolute atomic E-state index is 5.96. The molecule has 92 valence electrons. The van der Waals surface area contributed by atoms with Crippen molar-refractivity contribution in [2.24, 2.45) is 7.05 Å². The quantitative estimate of drug-likeness (QED) is 0.841. The number of nitrogen functional groups attached to an aromatic ring is 1. The summed E-state index contributed by atoms with van der Waals surface area (Å²) in [5.41, 5.74) is 8.31. The molecule has 0 spiro atoms. The fourth-order valence-electron chi connectivity index (χ4n) is 1.99. The molecule has 2 heterocycles. The van der Waals surface area contributed by atoms with Crippen molar-refractivity contribution in [3.63, 3.8) is 0 Å². The van der Waals surface area contributed by atoms with Gasteiger partial charge < -0.3 is 10.5 Å². The minimum absolute atomic E-state index is 0. The maximum Gasteiger partial charge on any atom is 0.126 e. The van der Waals surface area contributed by atoms with Gasteiger partial charge in [-0.05, 0) is 0 Å². The van der Waals surface area contributed by atoms with Gasteiger partial charge in [0.05, 0.1) is 12.3 Å². The number of hydrogen-bond donors (Lipinski definition) is 1. The zero-order chi connectivity index (χ0) is 10.8. The summed E-state index contributed by atoms with van der Waals surface area (Å²) < 4.78 is 6.84. The molecule has 1 aliphatic heterocycles. The first kappa shape index (κ1) is 13.3. The van der Waals surface area contributed by atoms with Crippen LogP contribution in [0.1, 0.15) is 11.3 Å². The molecule has 16 heavy (non-hydrogen) atoms. The van der Waals surface area contributed by atoms with E-state index in [0.29, 0.717) is 0 Å². The Morgan fingerprint density at radius 3 is 2.94 bits per heavy atom. The number of fused-ring (bicyclic) bond motifs is 1. The number of aromatic nitrogens is 2. The van der Waals surface area contributed by atoms with E-state index in [-0.39, 0.29) is 12.4 Å². The number of hydrogen-bond acceptors (Lipinski definition) is 4. The average Bonchev–Trinajstić information content (AvgIpc) is 2.52. The van der Waals surface area contributed by atoms with Crippen molar-refractivity contribution in [2.45, 2.75) is 13.0 Å². The van der Waals surface area contributed by atoms with E-state index in [2.05, 4.69) is 10.00 Å². The number of nitrogens with two attached hydrogens (primary N) is 1. The van der Waals surface area contributed by atoms with E-state index in [1.807, 2.05) is 7.05 Å². The van der Waals surface area contributed by atoms with E-state index in [0.717, 1.165) is 44.2 Å². The lowest BCUT2D eigenvalue weighted by molar-refractivity contribution is 0.140. The summed E-state index contributed by atoms with van der Waals surface area (Å²) in [4.78, 5) is 2.35. The molecule has 6 heteroatoms. The molecule has 0 atom stereocenters. The number of nitrogens with zero attached hydrogens (tertiary/aromatic N) is 3. The number of halogens is 1. The van der Waals surface area contributed by atoms with Crippen LogP contribution in [0.25, 0.3) is 0 Å². The second-order valence-electron chi connectivity index (χ2n) is 3.95. The fraction of sp³-hybridized carbons (Fsp3) is 0.700. The molecule has 0 saturated heterocycles. The van der Waals surface area contributed by atoms with Crippen molar-refractivity contribution < 1.29 is 4.74 Å². The summed E-state index contributed by atoms with van der Waals surface area (Å²) in [7, 11) is 3.63. The summed E-state index contributed by atoms with van der Waals surface area (Å²) in [6.07, 6.45) is 0.990. The third-order valence-electron chi connectivity index (χ3n) is 2.94. The van der Waals surface area contributed by atoms with Crippen LogP contribution in [0.15, 0.2) is 0 Å². The van der Waals surface area contributed by atoms with Gasteiger partial charge in [0.25, 0.3) is 0 Å². The van der Waals surface area contributed by atoms with E-state index >= 15 is 0 Å². The highest BCUT2D eigenvalue weighted by molar-refractivity contribution is 5.85. The number of aryl methyl sites for hydroxylation is 1. The van der Waals surface area contributed by atoms with Gasteiger partial charge in [-0.1, -0.05) is 0 Å². The van der Waals surface area contributed by atoms with E-state index in [9.17, 15) is 0 Å². The Morgan fingerprint density at radius 1 is 1.50 bits per heavy atom. The second kappa shape index (κ2) is 5.52. The second-order valence-corrected chi connectivity index (χ2v) is 3.95. The van der Waals surface area contributed by atoms with Crippen molar-refractivity contribution in [3.05, 3.63) is 11.3 Å². The third-order valence-corrected chi connectivity index (χ3v) is 2.94. The SMILES string of the molecule is COCCN1CCc2nn(C)c(N)c2C1.Cl. The summed E-state index contributed by atoms with van der Waals surface area (Å²) in [6, 6.07) is 0. The molecule has 0 radical (unpaired) electrons. The molecule has 0 amide bonds. The molecule has 0 aliphatic carbocycles. The Balaban J connectivity index is 0.00000128. The Hall–Kier alpha value is -0.780. The Labute approximate surface area is 102 Å². The molecule has 2 N–H and O–H groups in total. The summed E-state index contributed by atoms with van der Waals surface area (Å²) >= 11 is 0. The first-order valence-electron chi connectivity index (χ1n) is 5.24. The Bertz CT molecular complexity index is 353. The molecule has 1 aromatic heterocycles. The van der Waals surface area contributed by atoms with Crippen LogP contribution in [0.2, 0.25) is 0 Å². The van der Waals surface area contributed by atoms with Gasteiger partial charge in [0.2, 0.25) is 0 Å². The summed E-state index contributed by atoms with van der Waals surface area (Å²) in [5.74, 6) is 0.798. The molecule has 1 aromatic rings. The third kappa shape index (κ3) is 2.48. The smallest absolute Gasteiger partial charge is 0.126 e. The van der Waals surface area contributed by atoms with Crippen molar-refractivity contribution in [1.82, 2.24) is 14.7 Å². The molecule has 0 aromatic carbocycles. The molecule has 0 saturated carbocycles. The molecule has 2 rings (SSSR count). The molecule has 0 unspecified atom stereocenters. The van der Waals surface area contributed by atoms with E-state index in [1.54, 1.807) is 11.8 Å². The molecule has 5 nitrogen and oxygen atoms in total. The van der Waals surface area contributed by atoms with Crippen LogP contribution >= 0.6 is 12.4 Å². The number of methoxy groups -OCH3 is 1. The Morgan fingerprint density at radius 2 is 2.25 bits per heavy atom. The van der Waals surface area contributed by atoms with E-state index < -0.39 is 0 Å². The average molecular weight is 247 g/mol. The van der Waals surface area contributed by atoms with Gasteiger partial charge in [-0.15, -0.1) is 12.4 Å². The number of anilines is 1. The highest BCUT2D eigenvalue weighted by atomic mass is 35.5. The van der Waals surface area contributed by atoms with Crippen LogP contribution in [-0.2, 0) is 24.8 Å². The summed E-state index contributed by atoms with van der Waals surface area (Å²) in [6.45, 7) is 3.69. The highest BCUT2D eigenvalue weighted by Crippen LogP contribution is 2.22. The van der Waals surface area contributed by atoms with Crippen molar-refractivity contribution in [1.29, 1.82) is 0 Å². The largest absolute Gasteiger partial charge is 0.384 e. The molecule has 0 bridgehead atoms. The van der Waals surface area contributed by atoms with Gasteiger partial charge in [0.1, 0.15) is 5.82 Å². The first-order chi connectivity index (χ1) is 7.22.